The summed E-state index contributed by atoms with van der Waals surface area (Å²) in [6, 6.07) is 5.26. The molecule has 4 heteroatoms. The minimum Gasteiger partial charge on any atom is -0.393 e. The van der Waals surface area contributed by atoms with Crippen LogP contribution in [0.3, 0.4) is 0 Å². The Bertz CT molecular complexity index is 364. The van der Waals surface area contributed by atoms with E-state index in [0.29, 0.717) is 12.1 Å². The van der Waals surface area contributed by atoms with Gasteiger partial charge in [0.05, 0.1) is 6.10 Å². The lowest BCUT2D eigenvalue weighted by Crippen LogP contribution is -2.35. The zero-order chi connectivity index (χ0) is 12.1. The molecule has 88 valence electrons. The summed E-state index contributed by atoms with van der Waals surface area (Å²) >= 11 is 0. The van der Waals surface area contributed by atoms with Crippen LogP contribution in [0.2, 0.25) is 0 Å². The van der Waals surface area contributed by atoms with E-state index in [0.717, 1.165) is 5.69 Å². The van der Waals surface area contributed by atoms with Gasteiger partial charge in [0.2, 0.25) is 0 Å². The molecule has 4 nitrogen and oxygen atoms in total. The summed E-state index contributed by atoms with van der Waals surface area (Å²) in [5, 5.41) is 12.0. The smallest absolute Gasteiger partial charge is 0.270 e. The Morgan fingerprint density at radius 3 is 2.75 bits per heavy atom. The molecule has 0 fully saturated rings. The van der Waals surface area contributed by atoms with E-state index in [1.54, 1.807) is 19.1 Å². The highest BCUT2D eigenvalue weighted by Gasteiger charge is 2.12. The second-order valence-corrected chi connectivity index (χ2v) is 4.12. The van der Waals surface area contributed by atoms with E-state index < -0.39 is 6.10 Å². The molecular formula is C12H18N2O2. The van der Waals surface area contributed by atoms with E-state index in [1.807, 2.05) is 19.9 Å². The maximum absolute atomic E-state index is 11.7. The summed E-state index contributed by atoms with van der Waals surface area (Å²) in [5.74, 6) is -0.197. The predicted octanol–water partition coefficient (Wildman–Crippen LogP) is 1.28. The molecule has 1 aromatic heterocycles. The van der Waals surface area contributed by atoms with Crippen molar-refractivity contribution in [2.24, 2.45) is 0 Å². The molecule has 2 atom stereocenters. The predicted molar refractivity (Wildman–Crippen MR) is 62.2 cm³/mol. The molecule has 0 saturated carbocycles. The monoisotopic (exact) mass is 222 g/mol. The fourth-order valence-electron chi connectivity index (χ4n) is 1.54. The van der Waals surface area contributed by atoms with E-state index >= 15 is 0 Å². The van der Waals surface area contributed by atoms with Crippen molar-refractivity contribution in [2.75, 3.05) is 0 Å². The normalized spacial score (nSPS) is 14.2. The van der Waals surface area contributed by atoms with Crippen LogP contribution in [0.1, 0.15) is 36.5 Å². The maximum atomic E-state index is 11.7. The van der Waals surface area contributed by atoms with Crippen LogP contribution >= 0.6 is 0 Å². The second-order valence-electron chi connectivity index (χ2n) is 4.12. The number of aromatic nitrogens is 1. The molecule has 16 heavy (non-hydrogen) atoms. The van der Waals surface area contributed by atoms with Crippen LogP contribution in [0.25, 0.3) is 0 Å². The summed E-state index contributed by atoms with van der Waals surface area (Å²) < 4.78 is 0. The van der Waals surface area contributed by atoms with Crippen molar-refractivity contribution in [3.05, 3.63) is 29.6 Å². The summed E-state index contributed by atoms with van der Waals surface area (Å²) in [6.45, 7) is 5.41. The molecule has 1 heterocycles. The van der Waals surface area contributed by atoms with Gasteiger partial charge in [0.15, 0.2) is 0 Å². The highest BCUT2D eigenvalue weighted by Crippen LogP contribution is 2.01. The molecule has 0 bridgehead atoms. The van der Waals surface area contributed by atoms with Crippen LogP contribution in [0, 0.1) is 6.92 Å². The SMILES string of the molecule is Cc1cccc(C(=O)NC(C)CC(C)O)n1. The summed E-state index contributed by atoms with van der Waals surface area (Å²) in [4.78, 5) is 15.9. The third-order valence-electron chi connectivity index (χ3n) is 2.19. The van der Waals surface area contributed by atoms with Gasteiger partial charge in [0.25, 0.3) is 5.91 Å². The van der Waals surface area contributed by atoms with Gasteiger partial charge >= 0.3 is 0 Å². The van der Waals surface area contributed by atoms with Gasteiger partial charge in [-0.2, -0.15) is 0 Å². The summed E-state index contributed by atoms with van der Waals surface area (Å²) in [7, 11) is 0. The second kappa shape index (κ2) is 5.61. The number of carbonyl (C=O) groups excluding carboxylic acids is 1. The van der Waals surface area contributed by atoms with E-state index in [9.17, 15) is 9.90 Å². The first-order valence-electron chi connectivity index (χ1n) is 5.41. The fraction of sp³-hybridized carbons (Fsp3) is 0.500. The first-order chi connectivity index (χ1) is 7.49. The van der Waals surface area contributed by atoms with Crippen molar-refractivity contribution in [1.29, 1.82) is 0 Å². The van der Waals surface area contributed by atoms with Crippen LogP contribution < -0.4 is 5.32 Å². The number of pyridine rings is 1. The van der Waals surface area contributed by atoms with Crippen LogP contribution in [-0.2, 0) is 0 Å². The molecule has 2 unspecified atom stereocenters. The minimum absolute atomic E-state index is 0.0604. The van der Waals surface area contributed by atoms with Crippen LogP contribution in [0.15, 0.2) is 18.2 Å². The average molecular weight is 222 g/mol. The topological polar surface area (TPSA) is 62.2 Å². The number of aliphatic hydroxyl groups excluding tert-OH is 1. The zero-order valence-electron chi connectivity index (χ0n) is 9.90. The molecule has 0 radical (unpaired) electrons. The van der Waals surface area contributed by atoms with Crippen molar-refractivity contribution >= 4 is 5.91 Å². The number of nitrogens with zero attached hydrogens (tertiary/aromatic N) is 1. The van der Waals surface area contributed by atoms with Gasteiger partial charge in [-0.1, -0.05) is 6.07 Å². The van der Waals surface area contributed by atoms with Gasteiger partial charge in [0, 0.05) is 11.7 Å². The molecule has 0 aliphatic rings. The highest BCUT2D eigenvalue weighted by molar-refractivity contribution is 5.92. The van der Waals surface area contributed by atoms with E-state index in [-0.39, 0.29) is 11.9 Å². The van der Waals surface area contributed by atoms with Gasteiger partial charge < -0.3 is 10.4 Å². The molecule has 1 rings (SSSR count). The molecule has 0 aliphatic carbocycles. The van der Waals surface area contributed by atoms with E-state index in [4.69, 9.17) is 0 Å². The first kappa shape index (κ1) is 12.6. The first-order valence-corrected chi connectivity index (χ1v) is 5.41. The minimum atomic E-state index is -0.416. The van der Waals surface area contributed by atoms with Crippen molar-refractivity contribution in [1.82, 2.24) is 10.3 Å². The van der Waals surface area contributed by atoms with Crippen LogP contribution in [0.5, 0.6) is 0 Å². The van der Waals surface area contributed by atoms with Gasteiger partial charge in [0.1, 0.15) is 5.69 Å². The number of carbonyl (C=O) groups is 1. The number of hydrogen-bond acceptors (Lipinski definition) is 3. The van der Waals surface area contributed by atoms with Gasteiger partial charge in [-0.15, -0.1) is 0 Å². The third-order valence-corrected chi connectivity index (χ3v) is 2.19. The lowest BCUT2D eigenvalue weighted by atomic mass is 10.1. The van der Waals surface area contributed by atoms with Gasteiger partial charge in [-0.3, -0.25) is 4.79 Å². The number of aryl methyl sites for hydroxylation is 1. The number of hydrogen-bond donors (Lipinski definition) is 2. The Balaban J connectivity index is 2.59. The molecule has 1 aromatic rings. The largest absolute Gasteiger partial charge is 0.393 e. The molecule has 0 spiro atoms. The number of amides is 1. The zero-order valence-corrected chi connectivity index (χ0v) is 9.90. The quantitative estimate of drug-likeness (QED) is 0.806. The van der Waals surface area contributed by atoms with E-state index in [2.05, 4.69) is 10.3 Å². The maximum Gasteiger partial charge on any atom is 0.270 e. The average Bonchev–Trinajstić information content (AvgIpc) is 2.16. The van der Waals surface area contributed by atoms with Crippen LogP contribution in [0.4, 0.5) is 0 Å². The van der Waals surface area contributed by atoms with Crippen molar-refractivity contribution in [3.63, 3.8) is 0 Å². The van der Waals surface area contributed by atoms with Gasteiger partial charge in [-0.05, 0) is 39.3 Å². The number of aliphatic hydroxyl groups is 1. The van der Waals surface area contributed by atoms with Crippen molar-refractivity contribution in [2.45, 2.75) is 39.3 Å². The van der Waals surface area contributed by atoms with Gasteiger partial charge in [-0.25, -0.2) is 4.98 Å². The fourth-order valence-corrected chi connectivity index (χ4v) is 1.54. The lowest BCUT2D eigenvalue weighted by molar-refractivity contribution is 0.0918. The Kier molecular flexibility index (Phi) is 4.43. The molecule has 0 saturated heterocycles. The Labute approximate surface area is 95.7 Å². The Hall–Kier alpha value is -1.42. The standard InChI is InChI=1S/C12H18N2O2/c1-8-5-4-6-11(13-8)12(16)14-9(2)7-10(3)15/h4-6,9-10,15H,7H2,1-3H3,(H,14,16). The molecule has 1 amide bonds. The summed E-state index contributed by atoms with van der Waals surface area (Å²) in [5.41, 5.74) is 1.23. The number of rotatable bonds is 4. The molecular weight excluding hydrogens is 204 g/mol. The molecule has 0 aromatic carbocycles. The van der Waals surface area contributed by atoms with E-state index in [1.165, 1.54) is 0 Å². The lowest BCUT2D eigenvalue weighted by Gasteiger charge is -2.15. The van der Waals surface area contributed by atoms with Crippen molar-refractivity contribution < 1.29 is 9.90 Å². The number of nitrogens with one attached hydrogen (secondary N) is 1. The third kappa shape index (κ3) is 3.98. The highest BCUT2D eigenvalue weighted by atomic mass is 16.3. The summed E-state index contributed by atoms with van der Waals surface area (Å²) in [6.07, 6.45) is 0.123. The Morgan fingerprint density at radius 1 is 1.50 bits per heavy atom. The Morgan fingerprint density at radius 2 is 2.19 bits per heavy atom. The van der Waals surface area contributed by atoms with Crippen molar-refractivity contribution in [3.8, 4) is 0 Å². The molecule has 0 aliphatic heterocycles. The molecule has 2 N–H and O–H groups in total. The van der Waals surface area contributed by atoms with Crippen LogP contribution in [-0.4, -0.2) is 28.1 Å².